The Bertz CT molecular complexity index is 965. The van der Waals surface area contributed by atoms with Gasteiger partial charge >= 0.3 is 0 Å². The van der Waals surface area contributed by atoms with E-state index in [0.717, 1.165) is 46.3 Å². The number of imidazole rings is 1. The van der Waals surface area contributed by atoms with Crippen molar-refractivity contribution in [3.05, 3.63) is 68.9 Å². The number of pyridine rings is 1. The minimum Gasteiger partial charge on any atom is -0.355 e. The van der Waals surface area contributed by atoms with Crippen molar-refractivity contribution in [2.75, 3.05) is 17.6 Å². The van der Waals surface area contributed by atoms with E-state index in [0.29, 0.717) is 17.9 Å². The number of nitrogens with zero attached hydrogens (tertiary/aromatic N) is 3. The summed E-state index contributed by atoms with van der Waals surface area (Å²) in [5.41, 5.74) is 5.84. The molecule has 0 radical (unpaired) electrons. The standard InChI is InChI=1S/C19H24N6OS/c1-12-6-15(8-21-13(12)2)7-16-9-22-19(25-18(16)26)20-4-5-27-10-17-14(3)23-11-24-17/h6,8-9,11H,4-5,7,10H2,1-3H3,(H,23,24)(H2,20,22,25,26). The summed E-state index contributed by atoms with van der Waals surface area (Å²) >= 11 is 1.78. The number of nitrogens with one attached hydrogen (secondary N) is 3. The van der Waals surface area contributed by atoms with E-state index in [1.807, 2.05) is 27.0 Å². The summed E-state index contributed by atoms with van der Waals surface area (Å²) in [6.45, 7) is 6.73. The number of thioether (sulfide) groups is 1. The number of anilines is 1. The molecule has 0 aliphatic heterocycles. The molecule has 7 nitrogen and oxygen atoms in total. The van der Waals surface area contributed by atoms with Gasteiger partial charge in [0.25, 0.3) is 5.56 Å². The summed E-state index contributed by atoms with van der Waals surface area (Å²) in [6.07, 6.45) is 5.69. The van der Waals surface area contributed by atoms with Crippen LogP contribution in [0.5, 0.6) is 0 Å². The predicted molar refractivity (Wildman–Crippen MR) is 109 cm³/mol. The van der Waals surface area contributed by atoms with Gasteiger partial charge in [0.1, 0.15) is 0 Å². The maximum atomic E-state index is 12.3. The van der Waals surface area contributed by atoms with E-state index in [4.69, 9.17) is 0 Å². The minimum absolute atomic E-state index is 0.120. The summed E-state index contributed by atoms with van der Waals surface area (Å²) < 4.78 is 0. The normalized spacial score (nSPS) is 10.9. The van der Waals surface area contributed by atoms with E-state index in [1.165, 1.54) is 0 Å². The van der Waals surface area contributed by atoms with Crippen LogP contribution in [0.4, 0.5) is 5.95 Å². The van der Waals surface area contributed by atoms with Crippen LogP contribution in [-0.2, 0) is 12.2 Å². The van der Waals surface area contributed by atoms with Gasteiger partial charge in [0.05, 0.1) is 12.0 Å². The molecule has 3 N–H and O–H groups in total. The van der Waals surface area contributed by atoms with Gasteiger partial charge in [-0.05, 0) is 31.9 Å². The van der Waals surface area contributed by atoms with Crippen LogP contribution in [-0.4, -0.2) is 37.2 Å². The van der Waals surface area contributed by atoms with Crippen LogP contribution in [0.1, 0.15) is 33.8 Å². The Hall–Kier alpha value is -2.61. The van der Waals surface area contributed by atoms with Gasteiger partial charge in [-0.1, -0.05) is 6.07 Å². The van der Waals surface area contributed by atoms with Crippen molar-refractivity contribution >= 4 is 17.7 Å². The van der Waals surface area contributed by atoms with Crippen molar-refractivity contribution in [1.82, 2.24) is 24.9 Å². The molecule has 0 aliphatic carbocycles. The lowest BCUT2D eigenvalue weighted by Gasteiger charge is -2.07. The highest BCUT2D eigenvalue weighted by Crippen LogP contribution is 2.12. The molecule has 0 bridgehead atoms. The maximum absolute atomic E-state index is 12.3. The molecule has 3 heterocycles. The van der Waals surface area contributed by atoms with Crippen LogP contribution in [0, 0.1) is 20.8 Å². The molecule has 3 aromatic heterocycles. The molecule has 0 aromatic carbocycles. The monoisotopic (exact) mass is 384 g/mol. The average Bonchev–Trinajstić information content (AvgIpc) is 3.05. The Labute approximate surface area is 162 Å². The Kier molecular flexibility index (Phi) is 6.28. The molecule has 0 amide bonds. The van der Waals surface area contributed by atoms with Crippen LogP contribution in [0.15, 0.2) is 29.6 Å². The number of hydrogen-bond donors (Lipinski definition) is 3. The third kappa shape index (κ3) is 5.19. The fourth-order valence-electron chi connectivity index (χ4n) is 2.60. The number of rotatable bonds is 8. The van der Waals surface area contributed by atoms with E-state index in [2.05, 4.69) is 36.3 Å². The average molecular weight is 385 g/mol. The van der Waals surface area contributed by atoms with E-state index in [1.54, 1.807) is 24.3 Å². The predicted octanol–water partition coefficient (Wildman–Crippen LogP) is 2.75. The fraction of sp³-hybridized carbons (Fsp3) is 0.368. The van der Waals surface area contributed by atoms with Crippen molar-refractivity contribution in [3.63, 3.8) is 0 Å². The van der Waals surface area contributed by atoms with Gasteiger partial charge in [-0.3, -0.25) is 14.8 Å². The Morgan fingerprint density at radius 2 is 2.00 bits per heavy atom. The lowest BCUT2D eigenvalue weighted by molar-refractivity contribution is 0.995. The van der Waals surface area contributed by atoms with Gasteiger partial charge in [-0.25, -0.2) is 9.97 Å². The molecule has 0 unspecified atom stereocenters. The second kappa shape index (κ2) is 8.85. The minimum atomic E-state index is -0.120. The zero-order valence-corrected chi connectivity index (χ0v) is 16.6. The van der Waals surface area contributed by atoms with Gasteiger partial charge in [0.2, 0.25) is 5.95 Å². The van der Waals surface area contributed by atoms with Gasteiger partial charge in [-0.15, -0.1) is 0 Å². The van der Waals surface area contributed by atoms with E-state index in [9.17, 15) is 4.79 Å². The molecule has 8 heteroatoms. The molecule has 0 aliphatic rings. The smallest absolute Gasteiger partial charge is 0.255 e. The second-order valence-electron chi connectivity index (χ2n) is 6.46. The molecule has 0 spiro atoms. The highest BCUT2D eigenvalue weighted by atomic mass is 32.2. The lowest BCUT2D eigenvalue weighted by atomic mass is 10.1. The fourth-order valence-corrected chi connectivity index (χ4v) is 3.47. The van der Waals surface area contributed by atoms with Crippen LogP contribution in [0.3, 0.4) is 0 Å². The molecule has 0 atom stereocenters. The van der Waals surface area contributed by atoms with Gasteiger partial charge in [0.15, 0.2) is 0 Å². The molecule has 0 fully saturated rings. The lowest BCUT2D eigenvalue weighted by Crippen LogP contribution is -2.18. The molecular weight excluding hydrogens is 360 g/mol. The van der Waals surface area contributed by atoms with E-state index in [-0.39, 0.29) is 5.56 Å². The summed E-state index contributed by atoms with van der Waals surface area (Å²) in [5.74, 6) is 2.26. The van der Waals surface area contributed by atoms with E-state index >= 15 is 0 Å². The molecule has 3 rings (SSSR count). The van der Waals surface area contributed by atoms with Gasteiger partial charge in [0, 0.05) is 53.8 Å². The highest BCUT2D eigenvalue weighted by molar-refractivity contribution is 7.98. The van der Waals surface area contributed by atoms with Crippen LogP contribution in [0.25, 0.3) is 0 Å². The van der Waals surface area contributed by atoms with E-state index < -0.39 is 0 Å². The summed E-state index contributed by atoms with van der Waals surface area (Å²) in [4.78, 5) is 31.1. The first-order chi connectivity index (χ1) is 13.0. The van der Waals surface area contributed by atoms with Crippen molar-refractivity contribution in [3.8, 4) is 0 Å². The quantitative estimate of drug-likeness (QED) is 0.517. The Morgan fingerprint density at radius 1 is 1.15 bits per heavy atom. The molecule has 27 heavy (non-hydrogen) atoms. The zero-order chi connectivity index (χ0) is 19.2. The molecular formula is C19H24N6OS. The molecule has 3 aromatic rings. The first kappa shape index (κ1) is 19.2. The zero-order valence-electron chi connectivity index (χ0n) is 15.8. The largest absolute Gasteiger partial charge is 0.355 e. The number of aromatic amines is 2. The number of aryl methyl sites for hydroxylation is 3. The van der Waals surface area contributed by atoms with Gasteiger partial charge in [-0.2, -0.15) is 11.8 Å². The number of hydrogen-bond acceptors (Lipinski definition) is 6. The maximum Gasteiger partial charge on any atom is 0.255 e. The highest BCUT2D eigenvalue weighted by Gasteiger charge is 2.06. The summed E-state index contributed by atoms with van der Waals surface area (Å²) in [6, 6.07) is 2.06. The van der Waals surface area contributed by atoms with Crippen LogP contribution < -0.4 is 10.9 Å². The molecule has 0 saturated carbocycles. The number of aromatic nitrogens is 5. The first-order valence-electron chi connectivity index (χ1n) is 8.83. The van der Waals surface area contributed by atoms with Crippen molar-refractivity contribution in [1.29, 1.82) is 0 Å². The van der Waals surface area contributed by atoms with Crippen molar-refractivity contribution < 1.29 is 0 Å². The first-order valence-corrected chi connectivity index (χ1v) is 9.99. The van der Waals surface area contributed by atoms with Crippen molar-refractivity contribution in [2.45, 2.75) is 32.9 Å². The summed E-state index contributed by atoms with van der Waals surface area (Å²) in [5, 5.41) is 3.16. The molecule has 0 saturated heterocycles. The third-order valence-corrected chi connectivity index (χ3v) is 5.35. The van der Waals surface area contributed by atoms with Gasteiger partial charge < -0.3 is 10.3 Å². The molecule has 142 valence electrons. The Morgan fingerprint density at radius 3 is 2.70 bits per heavy atom. The summed E-state index contributed by atoms with van der Waals surface area (Å²) in [7, 11) is 0. The third-order valence-electron chi connectivity index (χ3n) is 4.38. The SMILES string of the molecule is Cc1cc(Cc2cnc(NCCSCc3nc[nH]c3C)[nH]c2=O)cnc1C. The van der Waals surface area contributed by atoms with Crippen LogP contribution >= 0.6 is 11.8 Å². The number of H-pyrrole nitrogens is 2. The Balaban J connectivity index is 1.49. The van der Waals surface area contributed by atoms with Crippen LogP contribution in [0.2, 0.25) is 0 Å². The van der Waals surface area contributed by atoms with Crippen molar-refractivity contribution in [2.24, 2.45) is 0 Å². The topological polar surface area (TPSA) is 99.4 Å². The second-order valence-corrected chi connectivity index (χ2v) is 7.57.